The molecule has 0 unspecified atom stereocenters. The number of amides is 2. The largest absolute Gasteiger partial charge is 0.449 e. The lowest BCUT2D eigenvalue weighted by Gasteiger charge is -2.19. The van der Waals surface area contributed by atoms with Crippen molar-refractivity contribution >= 4 is 12.2 Å². The van der Waals surface area contributed by atoms with Gasteiger partial charge in [0.1, 0.15) is 13.2 Å². The third-order valence-corrected chi connectivity index (χ3v) is 8.82. The molecule has 0 saturated carbocycles. The Morgan fingerprint density at radius 1 is 0.562 bits per heavy atom. The highest BCUT2D eigenvalue weighted by molar-refractivity contribution is 5.80. The van der Waals surface area contributed by atoms with Gasteiger partial charge in [-0.15, -0.1) is 0 Å². The number of benzene rings is 4. The minimum absolute atomic E-state index is 0.0303. The summed E-state index contributed by atoms with van der Waals surface area (Å²) < 4.78 is 27.9. The predicted octanol–water partition coefficient (Wildman–Crippen LogP) is 6.46. The number of likely N-dealkylation sites (N-methyl/N-ethyl adjacent to an activating group) is 1. The summed E-state index contributed by atoms with van der Waals surface area (Å²) in [6.07, 6.45) is -0.833. The monoisotopic (exact) mass is 650 g/mol. The highest BCUT2D eigenvalue weighted by Crippen LogP contribution is 2.45. The zero-order chi connectivity index (χ0) is 33.1. The van der Waals surface area contributed by atoms with Crippen LogP contribution in [0.3, 0.4) is 0 Å². The van der Waals surface area contributed by atoms with Crippen molar-refractivity contribution in [2.45, 2.75) is 11.8 Å². The van der Waals surface area contributed by atoms with E-state index in [1.54, 1.807) is 7.05 Å². The number of nitrogens with zero attached hydrogens (tertiary/aromatic N) is 1. The summed E-state index contributed by atoms with van der Waals surface area (Å²) in [6, 6.07) is 33.1. The summed E-state index contributed by atoms with van der Waals surface area (Å²) in [5.41, 5.74) is 9.54. The minimum Gasteiger partial charge on any atom is -0.449 e. The second-order valence-corrected chi connectivity index (χ2v) is 11.8. The molecule has 4 aromatic carbocycles. The molecule has 1 N–H and O–H groups in total. The first-order chi connectivity index (χ1) is 23.6. The SMILES string of the molecule is CN(CCOCCOCCOCCNC(=O)OCC1c2ccccc2-c2ccccc21)C(=O)OCC1c2ccccc2-c2ccccc21. The van der Waals surface area contributed by atoms with Crippen LogP contribution >= 0.6 is 0 Å². The lowest BCUT2D eigenvalue weighted by Crippen LogP contribution is -2.32. The molecule has 0 heterocycles. The van der Waals surface area contributed by atoms with Crippen LogP contribution in [0.4, 0.5) is 9.59 Å². The van der Waals surface area contributed by atoms with Gasteiger partial charge in [0.2, 0.25) is 0 Å². The summed E-state index contributed by atoms with van der Waals surface area (Å²) in [4.78, 5) is 26.4. The van der Waals surface area contributed by atoms with Crippen molar-refractivity contribution in [3.05, 3.63) is 119 Å². The number of ether oxygens (including phenoxy) is 5. The number of carbonyl (C=O) groups excluding carboxylic acids is 2. The molecule has 4 aromatic rings. The van der Waals surface area contributed by atoms with E-state index in [0.717, 1.165) is 0 Å². The Morgan fingerprint density at radius 2 is 0.958 bits per heavy atom. The first-order valence-corrected chi connectivity index (χ1v) is 16.5. The highest BCUT2D eigenvalue weighted by atomic mass is 16.6. The van der Waals surface area contributed by atoms with Gasteiger partial charge < -0.3 is 33.9 Å². The Morgan fingerprint density at radius 3 is 1.44 bits per heavy atom. The number of alkyl carbamates (subject to hydrolysis) is 1. The van der Waals surface area contributed by atoms with Crippen LogP contribution in [0.15, 0.2) is 97.1 Å². The van der Waals surface area contributed by atoms with E-state index < -0.39 is 6.09 Å². The van der Waals surface area contributed by atoms with Crippen LogP contribution in [0.2, 0.25) is 0 Å². The normalized spacial score (nSPS) is 12.9. The van der Waals surface area contributed by atoms with E-state index >= 15 is 0 Å². The van der Waals surface area contributed by atoms with E-state index in [-0.39, 0.29) is 24.5 Å². The maximum Gasteiger partial charge on any atom is 0.409 e. The molecule has 2 aliphatic rings. The van der Waals surface area contributed by atoms with Crippen molar-refractivity contribution in [3.63, 3.8) is 0 Å². The van der Waals surface area contributed by atoms with Crippen molar-refractivity contribution in [3.8, 4) is 22.3 Å². The van der Waals surface area contributed by atoms with Gasteiger partial charge >= 0.3 is 12.2 Å². The summed E-state index contributed by atoms with van der Waals surface area (Å²) in [7, 11) is 1.71. The molecular formula is C39H42N2O7. The average Bonchev–Trinajstić information content (AvgIpc) is 3.62. The Balaban J connectivity index is 0.766. The zero-order valence-electron chi connectivity index (χ0n) is 27.3. The number of carbonyl (C=O) groups is 2. The van der Waals surface area contributed by atoms with Crippen molar-refractivity contribution in [2.24, 2.45) is 0 Å². The third-order valence-electron chi connectivity index (χ3n) is 8.82. The molecule has 0 atom stereocenters. The molecular weight excluding hydrogens is 608 g/mol. The molecule has 9 heteroatoms. The van der Waals surface area contributed by atoms with Gasteiger partial charge in [-0.1, -0.05) is 97.1 Å². The van der Waals surface area contributed by atoms with Gasteiger partial charge in [0.25, 0.3) is 0 Å². The van der Waals surface area contributed by atoms with E-state index in [1.165, 1.54) is 49.4 Å². The molecule has 2 amide bonds. The van der Waals surface area contributed by atoms with E-state index in [2.05, 4.69) is 53.8 Å². The maximum atomic E-state index is 12.6. The second-order valence-electron chi connectivity index (χ2n) is 11.8. The van der Waals surface area contributed by atoms with Crippen LogP contribution in [0.5, 0.6) is 0 Å². The van der Waals surface area contributed by atoms with Crippen LogP contribution in [-0.2, 0) is 23.7 Å². The fraction of sp³-hybridized carbons (Fsp3) is 0.333. The number of rotatable bonds is 16. The Bertz CT molecular complexity index is 1600. The first-order valence-electron chi connectivity index (χ1n) is 16.5. The van der Waals surface area contributed by atoms with E-state index in [9.17, 15) is 9.59 Å². The number of fused-ring (bicyclic) bond motifs is 6. The number of nitrogens with one attached hydrogen (secondary N) is 1. The van der Waals surface area contributed by atoms with Crippen molar-refractivity contribution < 1.29 is 33.3 Å². The first kappa shape index (κ1) is 33.2. The molecule has 0 aliphatic heterocycles. The number of hydrogen-bond donors (Lipinski definition) is 1. The van der Waals surface area contributed by atoms with Crippen molar-refractivity contribution in [1.29, 1.82) is 0 Å². The van der Waals surface area contributed by atoms with Gasteiger partial charge in [-0.2, -0.15) is 0 Å². The van der Waals surface area contributed by atoms with Gasteiger partial charge in [-0.25, -0.2) is 9.59 Å². The Hall–Kier alpha value is -4.70. The van der Waals surface area contributed by atoms with E-state index in [4.69, 9.17) is 23.7 Å². The molecule has 2 aliphatic carbocycles. The quantitative estimate of drug-likeness (QED) is 0.139. The van der Waals surface area contributed by atoms with Gasteiger partial charge in [0.15, 0.2) is 0 Å². The second kappa shape index (κ2) is 16.4. The summed E-state index contributed by atoms with van der Waals surface area (Å²) in [5, 5.41) is 2.74. The summed E-state index contributed by atoms with van der Waals surface area (Å²) in [6.45, 7) is 3.69. The zero-order valence-corrected chi connectivity index (χ0v) is 27.3. The molecule has 9 nitrogen and oxygen atoms in total. The smallest absolute Gasteiger partial charge is 0.409 e. The van der Waals surface area contributed by atoms with Crippen molar-refractivity contribution in [2.75, 3.05) is 73.0 Å². The molecule has 0 spiro atoms. The molecule has 48 heavy (non-hydrogen) atoms. The van der Waals surface area contributed by atoms with Crippen LogP contribution in [0.1, 0.15) is 34.1 Å². The van der Waals surface area contributed by atoms with E-state index in [0.29, 0.717) is 59.3 Å². The van der Waals surface area contributed by atoms with Crippen LogP contribution < -0.4 is 5.32 Å². The predicted molar refractivity (Wildman–Crippen MR) is 183 cm³/mol. The van der Waals surface area contributed by atoms with Crippen LogP contribution in [0, 0.1) is 0 Å². The van der Waals surface area contributed by atoms with E-state index in [1.807, 2.05) is 48.5 Å². The molecule has 0 aromatic heterocycles. The molecule has 0 saturated heterocycles. The Kier molecular flexibility index (Phi) is 11.4. The molecule has 6 rings (SSSR count). The van der Waals surface area contributed by atoms with Crippen molar-refractivity contribution in [1.82, 2.24) is 10.2 Å². The molecule has 0 radical (unpaired) electrons. The van der Waals surface area contributed by atoms with Gasteiger partial charge in [-0.05, 0) is 44.5 Å². The lowest BCUT2D eigenvalue weighted by molar-refractivity contribution is 0.0115. The Labute approximate surface area is 281 Å². The molecule has 250 valence electrons. The number of hydrogen-bond acceptors (Lipinski definition) is 7. The van der Waals surface area contributed by atoms with Gasteiger partial charge in [0, 0.05) is 32.0 Å². The third kappa shape index (κ3) is 7.87. The van der Waals surface area contributed by atoms with Crippen LogP contribution in [-0.4, -0.2) is 90.1 Å². The molecule has 0 bridgehead atoms. The standard InChI is InChI=1S/C39H42N2O7/c1-41(39(43)48-27-37-34-16-8-4-12-30(34)31-13-5-9-17-35(31)37)19-21-45-23-25-46-24-22-44-20-18-40-38(42)47-26-36-32-14-6-2-10-28(32)29-11-3-7-15-33(29)36/h2-17,36-37H,18-27H2,1H3,(H,40,42). The van der Waals surface area contributed by atoms with Gasteiger partial charge in [-0.3, -0.25) is 0 Å². The minimum atomic E-state index is -0.460. The average molecular weight is 651 g/mol. The highest BCUT2D eigenvalue weighted by Gasteiger charge is 2.30. The van der Waals surface area contributed by atoms with Crippen LogP contribution in [0.25, 0.3) is 22.3 Å². The summed E-state index contributed by atoms with van der Waals surface area (Å²) in [5.74, 6) is 0.0625. The molecule has 0 fully saturated rings. The maximum absolute atomic E-state index is 12.6. The topological polar surface area (TPSA) is 95.6 Å². The lowest BCUT2D eigenvalue weighted by atomic mass is 9.98. The summed E-state index contributed by atoms with van der Waals surface area (Å²) >= 11 is 0. The fourth-order valence-corrected chi connectivity index (χ4v) is 6.41. The van der Waals surface area contributed by atoms with Gasteiger partial charge in [0.05, 0.1) is 39.6 Å². The fourth-order valence-electron chi connectivity index (χ4n) is 6.41.